The molecule has 0 bridgehead atoms. The van der Waals surface area contributed by atoms with E-state index >= 15 is 0 Å². The number of hydrogen-bond acceptors (Lipinski definition) is 5. The molecule has 0 saturated heterocycles. The van der Waals surface area contributed by atoms with Crippen LogP contribution in [0.5, 0.6) is 11.5 Å². The van der Waals surface area contributed by atoms with Crippen LogP contribution in [0.4, 0.5) is 5.69 Å². The minimum atomic E-state index is -0.563. The number of phenolic OH excluding ortho intramolecular Hbond substituents is 1. The van der Waals surface area contributed by atoms with E-state index in [-0.39, 0.29) is 22.7 Å². The quantitative estimate of drug-likeness (QED) is 0.463. The van der Waals surface area contributed by atoms with E-state index in [0.717, 1.165) is 6.07 Å². The molecule has 0 amide bonds. The third-order valence-electron chi connectivity index (χ3n) is 2.34. The summed E-state index contributed by atoms with van der Waals surface area (Å²) >= 11 is 0. The molecule has 0 aliphatic rings. The Balaban J connectivity index is 3.31. The summed E-state index contributed by atoms with van der Waals surface area (Å²) < 4.78 is 4.87. The van der Waals surface area contributed by atoms with E-state index in [1.54, 1.807) is 6.08 Å². The number of aromatic hydroxyl groups is 1. The molecule has 1 aromatic rings. The Morgan fingerprint density at radius 3 is 2.82 bits per heavy atom. The zero-order valence-corrected chi connectivity index (χ0v) is 9.42. The van der Waals surface area contributed by atoms with Crippen LogP contribution in [0.2, 0.25) is 0 Å². The van der Waals surface area contributed by atoms with E-state index < -0.39 is 11.0 Å². The van der Waals surface area contributed by atoms with E-state index in [4.69, 9.17) is 10.5 Å². The average Bonchev–Trinajstić information content (AvgIpc) is 2.29. The van der Waals surface area contributed by atoms with Crippen LogP contribution in [-0.2, 0) is 0 Å². The molecule has 0 aliphatic heterocycles. The minimum absolute atomic E-state index is 0.0358. The molecule has 0 unspecified atom stereocenters. The number of phenols is 1. The van der Waals surface area contributed by atoms with Crippen LogP contribution in [0, 0.1) is 10.1 Å². The zero-order valence-electron chi connectivity index (χ0n) is 9.42. The van der Waals surface area contributed by atoms with Crippen LogP contribution in [0.1, 0.15) is 18.0 Å². The van der Waals surface area contributed by atoms with Crippen LogP contribution in [-0.4, -0.2) is 17.1 Å². The summed E-state index contributed by atoms with van der Waals surface area (Å²) in [6, 6.07) is 1.84. The lowest BCUT2D eigenvalue weighted by atomic mass is 10.0. The summed E-state index contributed by atoms with van der Waals surface area (Å²) in [5.41, 5.74) is 5.89. The number of nitrogens with zero attached hydrogens (tertiary/aromatic N) is 1. The number of non-ortho nitro benzene ring substituents is 1. The van der Waals surface area contributed by atoms with Gasteiger partial charge in [-0.05, 0) is 6.42 Å². The maximum absolute atomic E-state index is 10.7. The van der Waals surface area contributed by atoms with Crippen LogP contribution in [0.25, 0.3) is 0 Å². The SMILES string of the molecule is C=CC[C@@H](N)c1cc([N+](=O)[O-])cc(OC)c1O. The van der Waals surface area contributed by atoms with Crippen molar-refractivity contribution >= 4 is 5.69 Å². The molecule has 17 heavy (non-hydrogen) atoms. The number of nitro benzene ring substituents is 1. The predicted octanol–water partition coefficient (Wildman–Crippen LogP) is 1.88. The molecule has 92 valence electrons. The molecule has 0 aliphatic carbocycles. The highest BCUT2D eigenvalue weighted by molar-refractivity contribution is 5.54. The lowest BCUT2D eigenvalue weighted by Crippen LogP contribution is -2.10. The molecule has 0 fully saturated rings. The van der Waals surface area contributed by atoms with Crippen LogP contribution in [0.15, 0.2) is 24.8 Å². The Morgan fingerprint density at radius 2 is 2.35 bits per heavy atom. The summed E-state index contributed by atoms with van der Waals surface area (Å²) in [5.74, 6) is -0.138. The third kappa shape index (κ3) is 2.73. The molecule has 0 heterocycles. The Hall–Kier alpha value is -2.08. The highest BCUT2D eigenvalue weighted by Crippen LogP contribution is 2.37. The summed E-state index contributed by atoms with van der Waals surface area (Å²) in [5, 5.41) is 20.6. The first-order chi connectivity index (χ1) is 8.01. The molecule has 1 aromatic carbocycles. The van der Waals surface area contributed by atoms with Gasteiger partial charge in [0.15, 0.2) is 11.5 Å². The topological polar surface area (TPSA) is 98.6 Å². The second-order valence-electron chi connectivity index (χ2n) is 3.47. The van der Waals surface area contributed by atoms with E-state index in [1.165, 1.54) is 13.2 Å². The van der Waals surface area contributed by atoms with Crippen LogP contribution >= 0.6 is 0 Å². The molecule has 1 rings (SSSR count). The molecule has 0 spiro atoms. The summed E-state index contributed by atoms with van der Waals surface area (Å²) in [7, 11) is 1.32. The van der Waals surface area contributed by atoms with E-state index in [2.05, 4.69) is 6.58 Å². The number of nitrogens with two attached hydrogens (primary N) is 1. The molecule has 0 aromatic heterocycles. The number of benzene rings is 1. The number of rotatable bonds is 5. The fourth-order valence-corrected chi connectivity index (χ4v) is 1.46. The van der Waals surface area contributed by atoms with Crippen molar-refractivity contribution in [1.82, 2.24) is 0 Å². The van der Waals surface area contributed by atoms with Gasteiger partial charge in [-0.2, -0.15) is 0 Å². The van der Waals surface area contributed by atoms with Gasteiger partial charge in [-0.25, -0.2) is 0 Å². The average molecular weight is 238 g/mol. The van der Waals surface area contributed by atoms with Gasteiger partial charge in [0.25, 0.3) is 5.69 Å². The van der Waals surface area contributed by atoms with Gasteiger partial charge in [-0.3, -0.25) is 10.1 Å². The zero-order chi connectivity index (χ0) is 13.0. The summed E-state index contributed by atoms with van der Waals surface area (Å²) in [6.45, 7) is 3.53. The molecular formula is C11H14N2O4. The highest BCUT2D eigenvalue weighted by atomic mass is 16.6. The standard InChI is InChI=1S/C11H14N2O4/c1-3-4-9(12)8-5-7(13(15)16)6-10(17-2)11(8)14/h3,5-6,9,14H,1,4,12H2,2H3/t9-/m1/s1. The maximum atomic E-state index is 10.7. The van der Waals surface area contributed by atoms with Crippen molar-refractivity contribution in [1.29, 1.82) is 0 Å². The van der Waals surface area contributed by atoms with Gasteiger partial charge in [0.1, 0.15) is 0 Å². The molecule has 6 nitrogen and oxygen atoms in total. The molecule has 0 saturated carbocycles. The fraction of sp³-hybridized carbons (Fsp3) is 0.273. The van der Waals surface area contributed by atoms with Crippen LogP contribution in [0.3, 0.4) is 0 Å². The predicted molar refractivity (Wildman–Crippen MR) is 63.1 cm³/mol. The normalized spacial score (nSPS) is 11.9. The van der Waals surface area contributed by atoms with Gasteiger partial charge in [-0.15, -0.1) is 6.58 Å². The van der Waals surface area contributed by atoms with E-state index in [0.29, 0.717) is 6.42 Å². The van der Waals surface area contributed by atoms with Gasteiger partial charge in [-0.1, -0.05) is 6.08 Å². The summed E-state index contributed by atoms with van der Waals surface area (Å²) in [4.78, 5) is 10.2. The lowest BCUT2D eigenvalue weighted by molar-refractivity contribution is -0.385. The molecule has 0 radical (unpaired) electrons. The molecule has 1 atom stereocenters. The van der Waals surface area contributed by atoms with Gasteiger partial charge < -0.3 is 15.6 Å². The summed E-state index contributed by atoms with van der Waals surface area (Å²) in [6.07, 6.45) is 1.98. The first-order valence-corrected chi connectivity index (χ1v) is 4.93. The Labute approximate surface area is 98.5 Å². The highest BCUT2D eigenvalue weighted by Gasteiger charge is 2.20. The number of ether oxygens (including phenoxy) is 1. The Bertz CT molecular complexity index is 445. The second kappa shape index (κ2) is 5.31. The van der Waals surface area contributed by atoms with Crippen molar-refractivity contribution in [3.8, 4) is 11.5 Å². The number of nitro groups is 1. The Kier molecular flexibility index (Phi) is 4.06. The second-order valence-corrected chi connectivity index (χ2v) is 3.47. The van der Waals surface area contributed by atoms with E-state index in [9.17, 15) is 15.2 Å². The minimum Gasteiger partial charge on any atom is -0.504 e. The van der Waals surface area contributed by atoms with Crippen LogP contribution < -0.4 is 10.5 Å². The molecular weight excluding hydrogens is 224 g/mol. The smallest absolute Gasteiger partial charge is 0.273 e. The third-order valence-corrected chi connectivity index (χ3v) is 2.34. The molecule has 3 N–H and O–H groups in total. The van der Waals surface area contributed by atoms with E-state index in [1.807, 2.05) is 0 Å². The van der Waals surface area contributed by atoms with Gasteiger partial charge in [0.05, 0.1) is 18.1 Å². The van der Waals surface area contributed by atoms with Gasteiger partial charge in [0.2, 0.25) is 0 Å². The fourth-order valence-electron chi connectivity index (χ4n) is 1.46. The first kappa shape index (κ1) is 13.0. The largest absolute Gasteiger partial charge is 0.504 e. The van der Waals surface area contributed by atoms with Crippen molar-refractivity contribution in [2.24, 2.45) is 5.73 Å². The number of methoxy groups -OCH3 is 1. The first-order valence-electron chi connectivity index (χ1n) is 4.93. The van der Waals surface area contributed by atoms with Crippen molar-refractivity contribution in [3.63, 3.8) is 0 Å². The molecule has 6 heteroatoms. The van der Waals surface area contributed by atoms with Gasteiger partial charge in [0, 0.05) is 17.7 Å². The van der Waals surface area contributed by atoms with Crippen molar-refractivity contribution in [3.05, 3.63) is 40.5 Å². The monoisotopic (exact) mass is 238 g/mol. The van der Waals surface area contributed by atoms with Crippen molar-refractivity contribution < 1.29 is 14.8 Å². The lowest BCUT2D eigenvalue weighted by Gasteiger charge is -2.13. The van der Waals surface area contributed by atoms with Gasteiger partial charge >= 0.3 is 0 Å². The van der Waals surface area contributed by atoms with Crippen molar-refractivity contribution in [2.45, 2.75) is 12.5 Å². The van der Waals surface area contributed by atoms with Crippen molar-refractivity contribution in [2.75, 3.05) is 7.11 Å². The number of hydrogen-bond donors (Lipinski definition) is 2. The maximum Gasteiger partial charge on any atom is 0.273 e. The Morgan fingerprint density at radius 1 is 1.71 bits per heavy atom.